The highest BCUT2D eigenvalue weighted by molar-refractivity contribution is 5.67. The zero-order chi connectivity index (χ0) is 16.1. The molecule has 0 saturated heterocycles. The molecule has 4 nitrogen and oxygen atoms in total. The Balaban J connectivity index is 1.79. The number of benzene rings is 1. The first-order valence-corrected chi connectivity index (χ1v) is 8.10. The smallest absolute Gasteiger partial charge is 0.407 e. The monoisotopic (exact) mass is 305 g/mol. The van der Waals surface area contributed by atoms with Gasteiger partial charge in [0.15, 0.2) is 0 Å². The van der Waals surface area contributed by atoms with Crippen LogP contribution >= 0.6 is 0 Å². The first-order chi connectivity index (χ1) is 10.4. The van der Waals surface area contributed by atoms with Crippen LogP contribution in [0.15, 0.2) is 30.3 Å². The van der Waals surface area contributed by atoms with Gasteiger partial charge in [-0.1, -0.05) is 63.4 Å². The van der Waals surface area contributed by atoms with Gasteiger partial charge in [0, 0.05) is 12.0 Å². The molecule has 0 radical (unpaired) electrons. The quantitative estimate of drug-likeness (QED) is 0.873. The Morgan fingerprint density at radius 1 is 1.23 bits per heavy atom. The molecule has 0 aliphatic heterocycles. The van der Waals surface area contributed by atoms with Crippen molar-refractivity contribution in [3.05, 3.63) is 35.9 Å². The summed E-state index contributed by atoms with van der Waals surface area (Å²) in [5.41, 5.74) is -0.0974. The van der Waals surface area contributed by atoms with Crippen LogP contribution in [0, 0.1) is 5.41 Å². The van der Waals surface area contributed by atoms with E-state index in [2.05, 4.69) is 5.32 Å². The molecular weight excluding hydrogens is 278 g/mol. The first kappa shape index (κ1) is 16.8. The highest BCUT2D eigenvalue weighted by Crippen LogP contribution is 2.41. The van der Waals surface area contributed by atoms with E-state index < -0.39 is 11.7 Å². The Morgan fingerprint density at radius 3 is 2.50 bits per heavy atom. The Labute approximate surface area is 132 Å². The molecule has 1 fully saturated rings. The van der Waals surface area contributed by atoms with Crippen LogP contribution < -0.4 is 5.32 Å². The Morgan fingerprint density at radius 2 is 1.86 bits per heavy atom. The molecule has 1 aromatic rings. The van der Waals surface area contributed by atoms with Crippen LogP contribution in [-0.2, 0) is 11.3 Å². The van der Waals surface area contributed by atoms with Gasteiger partial charge in [0.2, 0.25) is 0 Å². The number of carbonyl (C=O) groups is 1. The van der Waals surface area contributed by atoms with Gasteiger partial charge in [0.25, 0.3) is 0 Å². The maximum Gasteiger partial charge on any atom is 0.407 e. The van der Waals surface area contributed by atoms with Crippen molar-refractivity contribution in [1.82, 2.24) is 5.32 Å². The van der Waals surface area contributed by atoms with E-state index in [4.69, 9.17) is 4.74 Å². The molecule has 0 unspecified atom stereocenters. The summed E-state index contributed by atoms with van der Waals surface area (Å²) in [5.74, 6) is 0. The maximum atomic E-state index is 11.8. The number of rotatable bonds is 5. The number of hydrogen-bond donors (Lipinski definition) is 2. The number of nitrogens with one attached hydrogen (secondary N) is 1. The van der Waals surface area contributed by atoms with Gasteiger partial charge in [-0.25, -0.2) is 4.79 Å². The number of aliphatic hydroxyl groups is 1. The van der Waals surface area contributed by atoms with E-state index in [1.54, 1.807) is 0 Å². The van der Waals surface area contributed by atoms with Crippen molar-refractivity contribution in [3.8, 4) is 0 Å². The summed E-state index contributed by atoms with van der Waals surface area (Å²) in [6, 6.07) is 9.59. The molecule has 122 valence electrons. The third-order valence-corrected chi connectivity index (χ3v) is 4.83. The number of hydrogen-bond acceptors (Lipinski definition) is 3. The number of amides is 1. The third-order valence-electron chi connectivity index (χ3n) is 4.83. The lowest BCUT2D eigenvalue weighted by Crippen LogP contribution is -2.52. The van der Waals surface area contributed by atoms with E-state index in [-0.39, 0.29) is 12.0 Å². The molecule has 0 aromatic heterocycles. The third kappa shape index (κ3) is 4.23. The molecule has 22 heavy (non-hydrogen) atoms. The summed E-state index contributed by atoms with van der Waals surface area (Å²) in [4.78, 5) is 11.8. The van der Waals surface area contributed by atoms with E-state index in [0.29, 0.717) is 6.54 Å². The minimum absolute atomic E-state index is 0.261. The van der Waals surface area contributed by atoms with Gasteiger partial charge < -0.3 is 15.2 Å². The van der Waals surface area contributed by atoms with Crippen LogP contribution in [0.4, 0.5) is 4.79 Å². The highest BCUT2D eigenvalue weighted by atomic mass is 16.5. The highest BCUT2D eigenvalue weighted by Gasteiger charge is 2.43. The Hall–Kier alpha value is -1.55. The molecule has 1 saturated carbocycles. The minimum Gasteiger partial charge on any atom is -0.445 e. The summed E-state index contributed by atoms with van der Waals surface area (Å²) in [6.07, 6.45) is 4.47. The van der Waals surface area contributed by atoms with Crippen molar-refractivity contribution in [3.63, 3.8) is 0 Å². The fourth-order valence-electron chi connectivity index (χ4n) is 3.05. The summed E-state index contributed by atoms with van der Waals surface area (Å²) in [6.45, 7) is 4.69. The van der Waals surface area contributed by atoms with Gasteiger partial charge >= 0.3 is 6.09 Å². The fourth-order valence-corrected chi connectivity index (χ4v) is 3.05. The lowest BCUT2D eigenvalue weighted by atomic mass is 9.67. The van der Waals surface area contributed by atoms with Crippen LogP contribution in [-0.4, -0.2) is 23.3 Å². The normalized spacial score (nSPS) is 17.8. The van der Waals surface area contributed by atoms with E-state index in [1.807, 2.05) is 44.2 Å². The van der Waals surface area contributed by atoms with E-state index in [9.17, 15) is 9.90 Å². The second kappa shape index (κ2) is 7.14. The van der Waals surface area contributed by atoms with Gasteiger partial charge in [-0.3, -0.25) is 0 Å². The molecule has 0 heterocycles. The van der Waals surface area contributed by atoms with Gasteiger partial charge in [-0.15, -0.1) is 0 Å². The topological polar surface area (TPSA) is 58.6 Å². The predicted octanol–water partition coefficient (Wildman–Crippen LogP) is 3.63. The fraction of sp³-hybridized carbons (Fsp3) is 0.611. The van der Waals surface area contributed by atoms with Crippen LogP contribution in [0.3, 0.4) is 0 Å². The van der Waals surface area contributed by atoms with Crippen LogP contribution in [0.2, 0.25) is 0 Å². The van der Waals surface area contributed by atoms with E-state index >= 15 is 0 Å². The van der Waals surface area contributed by atoms with Crippen LogP contribution in [0.25, 0.3) is 0 Å². The largest absolute Gasteiger partial charge is 0.445 e. The lowest BCUT2D eigenvalue weighted by Gasteiger charge is -2.45. The minimum atomic E-state index is -0.696. The van der Waals surface area contributed by atoms with Crippen molar-refractivity contribution in [2.75, 3.05) is 6.54 Å². The Bertz CT molecular complexity index is 478. The second-order valence-electron chi connectivity index (χ2n) is 6.89. The molecule has 2 rings (SSSR count). The van der Waals surface area contributed by atoms with Gasteiger partial charge in [0.05, 0.1) is 5.60 Å². The molecule has 1 aliphatic rings. The van der Waals surface area contributed by atoms with Crippen molar-refractivity contribution >= 4 is 6.09 Å². The standard InChI is InChI=1S/C18H27NO3/c1-17(2,18(21)11-7-4-8-12-18)14-19-16(20)22-13-15-9-5-3-6-10-15/h3,5-6,9-10,21H,4,7-8,11-14H2,1-2H3,(H,19,20). The second-order valence-corrected chi connectivity index (χ2v) is 6.89. The molecule has 2 N–H and O–H groups in total. The summed E-state index contributed by atoms with van der Waals surface area (Å²) in [7, 11) is 0. The SMILES string of the molecule is CC(C)(CNC(=O)OCc1ccccc1)C1(O)CCCCC1. The van der Waals surface area contributed by atoms with Crippen LogP contribution in [0.5, 0.6) is 0 Å². The zero-order valence-corrected chi connectivity index (χ0v) is 13.6. The molecule has 0 atom stereocenters. The molecule has 0 spiro atoms. The molecule has 4 heteroatoms. The van der Waals surface area contributed by atoms with Gasteiger partial charge in [-0.2, -0.15) is 0 Å². The average molecular weight is 305 g/mol. The van der Waals surface area contributed by atoms with Crippen molar-refractivity contribution in [2.45, 2.75) is 58.2 Å². The molecule has 1 amide bonds. The van der Waals surface area contributed by atoms with Crippen molar-refractivity contribution < 1.29 is 14.6 Å². The van der Waals surface area contributed by atoms with E-state index in [1.165, 1.54) is 6.42 Å². The van der Waals surface area contributed by atoms with Crippen molar-refractivity contribution in [2.24, 2.45) is 5.41 Å². The van der Waals surface area contributed by atoms with Gasteiger partial charge in [-0.05, 0) is 18.4 Å². The van der Waals surface area contributed by atoms with Crippen LogP contribution in [0.1, 0.15) is 51.5 Å². The maximum absolute atomic E-state index is 11.8. The lowest BCUT2D eigenvalue weighted by molar-refractivity contribution is -0.0912. The number of ether oxygens (including phenoxy) is 1. The summed E-state index contributed by atoms with van der Waals surface area (Å²) < 4.78 is 5.21. The zero-order valence-electron chi connectivity index (χ0n) is 13.6. The molecule has 1 aromatic carbocycles. The molecular formula is C18H27NO3. The predicted molar refractivity (Wildman–Crippen MR) is 86.4 cm³/mol. The molecule has 1 aliphatic carbocycles. The van der Waals surface area contributed by atoms with E-state index in [0.717, 1.165) is 31.2 Å². The first-order valence-electron chi connectivity index (χ1n) is 8.10. The van der Waals surface area contributed by atoms with Gasteiger partial charge in [0.1, 0.15) is 6.61 Å². The summed E-state index contributed by atoms with van der Waals surface area (Å²) in [5, 5.41) is 13.6. The summed E-state index contributed by atoms with van der Waals surface area (Å²) >= 11 is 0. The number of carbonyl (C=O) groups excluding carboxylic acids is 1. The molecule has 0 bridgehead atoms. The average Bonchev–Trinajstić information content (AvgIpc) is 2.52. The Kier molecular flexibility index (Phi) is 5.46. The van der Waals surface area contributed by atoms with Crippen molar-refractivity contribution in [1.29, 1.82) is 0 Å². The number of alkyl carbamates (subject to hydrolysis) is 1.